The highest BCUT2D eigenvalue weighted by atomic mass is 32.1. The smallest absolute Gasteiger partial charge is 0.303 e. The van der Waals surface area contributed by atoms with Crippen LogP contribution < -0.4 is 0 Å². The van der Waals surface area contributed by atoms with Crippen molar-refractivity contribution >= 4 is 18.6 Å². The summed E-state index contributed by atoms with van der Waals surface area (Å²) in [5.41, 5.74) is 0. The van der Waals surface area contributed by atoms with Crippen LogP contribution in [0, 0.1) is 0 Å². The van der Waals surface area contributed by atoms with Crippen molar-refractivity contribution in [3.8, 4) is 0 Å². The van der Waals surface area contributed by atoms with Crippen LogP contribution in [0.15, 0.2) is 0 Å². The van der Waals surface area contributed by atoms with Crippen molar-refractivity contribution in [2.45, 2.75) is 49.1 Å². The van der Waals surface area contributed by atoms with Crippen molar-refractivity contribution in [3.63, 3.8) is 0 Å². The van der Waals surface area contributed by atoms with Gasteiger partial charge >= 0.3 is 5.97 Å². The Morgan fingerprint density at radius 3 is 2.44 bits per heavy atom. The van der Waals surface area contributed by atoms with Crippen LogP contribution in [-0.4, -0.2) is 55.7 Å². The molecule has 7 heteroatoms. The first kappa shape index (κ1) is 13.7. The average Bonchev–Trinajstić information content (AvgIpc) is 2.21. The number of carboxylic acid groups (broad SMARTS) is 1. The fourth-order valence-electron chi connectivity index (χ4n) is 1.69. The highest BCUT2D eigenvalue weighted by Crippen LogP contribution is 2.36. The molecule has 1 rings (SSSR count). The summed E-state index contributed by atoms with van der Waals surface area (Å²) in [6.45, 7) is 1.52. The molecular formula is C9H16O6S. The normalized spacial score (nSPS) is 44.3. The second-order valence-corrected chi connectivity index (χ2v) is 4.74. The van der Waals surface area contributed by atoms with E-state index in [-0.39, 0.29) is 12.8 Å². The lowest BCUT2D eigenvalue weighted by atomic mass is 9.92. The minimum Gasteiger partial charge on any atom is -0.481 e. The summed E-state index contributed by atoms with van der Waals surface area (Å²) in [7, 11) is 0. The van der Waals surface area contributed by atoms with Gasteiger partial charge in [0.1, 0.15) is 23.2 Å². The fourth-order valence-corrected chi connectivity index (χ4v) is 2.12. The molecule has 0 aromatic heterocycles. The van der Waals surface area contributed by atoms with Gasteiger partial charge in [-0.1, -0.05) is 0 Å². The van der Waals surface area contributed by atoms with Gasteiger partial charge in [0.2, 0.25) is 0 Å². The second-order valence-electron chi connectivity index (χ2n) is 3.99. The van der Waals surface area contributed by atoms with Gasteiger partial charge in [-0.05, 0) is 13.3 Å². The summed E-state index contributed by atoms with van der Waals surface area (Å²) in [5.74, 6) is -1.04. The van der Waals surface area contributed by atoms with Crippen molar-refractivity contribution in [2.24, 2.45) is 0 Å². The van der Waals surface area contributed by atoms with E-state index >= 15 is 0 Å². The van der Waals surface area contributed by atoms with Gasteiger partial charge in [0.15, 0.2) is 0 Å². The molecule has 0 radical (unpaired) electrons. The van der Waals surface area contributed by atoms with Crippen LogP contribution in [0.4, 0.5) is 0 Å². The molecule has 1 aliphatic heterocycles. The first-order valence-corrected chi connectivity index (χ1v) is 5.39. The molecule has 5 atom stereocenters. The Bertz CT molecular complexity index is 273. The quantitative estimate of drug-likeness (QED) is 0.412. The Morgan fingerprint density at radius 2 is 1.94 bits per heavy atom. The van der Waals surface area contributed by atoms with Crippen molar-refractivity contribution < 1.29 is 30.0 Å². The minimum absolute atomic E-state index is 0.0548. The Hall–Kier alpha value is -0.340. The molecule has 0 unspecified atom stereocenters. The first-order chi connectivity index (χ1) is 7.28. The molecule has 94 valence electrons. The number of aliphatic carboxylic acids is 1. The molecule has 0 aromatic rings. The molecule has 0 aliphatic carbocycles. The van der Waals surface area contributed by atoms with Gasteiger partial charge in [-0.25, -0.2) is 0 Å². The number of ether oxygens (including phenoxy) is 1. The predicted molar refractivity (Wildman–Crippen MR) is 57.2 cm³/mol. The SMILES string of the molecule is C[C@@H]1O[C@](S)(CCC(=O)O)[C@H](O)[C@H](O)[C@H]1O. The number of hydrogen-bond donors (Lipinski definition) is 5. The Labute approximate surface area is 98.3 Å². The van der Waals surface area contributed by atoms with E-state index < -0.39 is 35.3 Å². The van der Waals surface area contributed by atoms with Gasteiger partial charge in [0.25, 0.3) is 0 Å². The van der Waals surface area contributed by atoms with Crippen LogP contribution in [0.1, 0.15) is 19.8 Å². The third-order valence-corrected chi connectivity index (χ3v) is 3.30. The molecule has 1 saturated heterocycles. The Morgan fingerprint density at radius 1 is 1.38 bits per heavy atom. The number of carboxylic acids is 1. The van der Waals surface area contributed by atoms with E-state index in [9.17, 15) is 20.1 Å². The van der Waals surface area contributed by atoms with Crippen LogP contribution in [-0.2, 0) is 9.53 Å². The van der Waals surface area contributed by atoms with E-state index in [0.717, 1.165) is 0 Å². The molecule has 1 aliphatic rings. The molecule has 6 nitrogen and oxygen atoms in total. The number of thiol groups is 1. The van der Waals surface area contributed by atoms with Gasteiger partial charge in [0.05, 0.1) is 6.10 Å². The van der Waals surface area contributed by atoms with E-state index in [4.69, 9.17) is 9.84 Å². The van der Waals surface area contributed by atoms with Gasteiger partial charge < -0.3 is 25.2 Å². The Kier molecular flexibility index (Phi) is 4.19. The molecular weight excluding hydrogens is 236 g/mol. The molecule has 16 heavy (non-hydrogen) atoms. The zero-order valence-electron chi connectivity index (χ0n) is 8.78. The van der Waals surface area contributed by atoms with E-state index in [1.165, 1.54) is 6.92 Å². The summed E-state index contributed by atoms with van der Waals surface area (Å²) < 4.78 is 5.26. The van der Waals surface area contributed by atoms with Gasteiger partial charge in [-0.15, -0.1) is 12.6 Å². The van der Waals surface area contributed by atoms with Gasteiger partial charge in [-0.3, -0.25) is 4.79 Å². The van der Waals surface area contributed by atoms with Crippen LogP contribution in [0.2, 0.25) is 0 Å². The van der Waals surface area contributed by atoms with Crippen LogP contribution in [0.25, 0.3) is 0 Å². The zero-order valence-corrected chi connectivity index (χ0v) is 9.67. The van der Waals surface area contributed by atoms with Crippen molar-refractivity contribution in [1.82, 2.24) is 0 Å². The van der Waals surface area contributed by atoms with Crippen molar-refractivity contribution in [2.75, 3.05) is 0 Å². The third-order valence-electron chi connectivity index (χ3n) is 2.70. The summed E-state index contributed by atoms with van der Waals surface area (Å²) in [6.07, 6.45) is -5.04. The zero-order chi connectivity index (χ0) is 12.5. The predicted octanol–water partition coefficient (Wildman–Crippen LogP) is -1.02. The van der Waals surface area contributed by atoms with Crippen LogP contribution in [0.3, 0.4) is 0 Å². The van der Waals surface area contributed by atoms with E-state index in [1.54, 1.807) is 0 Å². The van der Waals surface area contributed by atoms with E-state index in [0.29, 0.717) is 0 Å². The summed E-state index contributed by atoms with van der Waals surface area (Å²) >= 11 is 4.07. The van der Waals surface area contributed by atoms with Crippen molar-refractivity contribution in [1.29, 1.82) is 0 Å². The average molecular weight is 252 g/mol. The van der Waals surface area contributed by atoms with Crippen LogP contribution >= 0.6 is 12.6 Å². The topological polar surface area (TPSA) is 107 Å². The fraction of sp³-hybridized carbons (Fsp3) is 0.889. The molecule has 0 amide bonds. The van der Waals surface area contributed by atoms with Gasteiger partial charge in [0, 0.05) is 6.42 Å². The molecule has 0 spiro atoms. The number of aliphatic hydroxyl groups excluding tert-OH is 3. The summed E-state index contributed by atoms with van der Waals surface area (Å²) in [6, 6.07) is 0. The maximum Gasteiger partial charge on any atom is 0.303 e. The van der Waals surface area contributed by atoms with Crippen molar-refractivity contribution in [3.05, 3.63) is 0 Å². The lowest BCUT2D eigenvalue weighted by molar-refractivity contribution is -0.231. The molecule has 4 N–H and O–H groups in total. The van der Waals surface area contributed by atoms with Crippen LogP contribution in [0.5, 0.6) is 0 Å². The largest absolute Gasteiger partial charge is 0.481 e. The van der Waals surface area contributed by atoms with Gasteiger partial charge in [-0.2, -0.15) is 0 Å². The standard InChI is InChI=1S/C9H16O6S/c1-4-6(12)7(13)8(14)9(16,15-4)3-2-5(10)11/h4,6-8,12-14,16H,2-3H2,1H3,(H,10,11)/t4-,6-,7+,8+,9-/m0/s1. The third kappa shape index (κ3) is 2.67. The molecule has 0 bridgehead atoms. The maximum absolute atomic E-state index is 10.4. The minimum atomic E-state index is -1.45. The monoisotopic (exact) mass is 252 g/mol. The maximum atomic E-state index is 10.4. The highest BCUT2D eigenvalue weighted by Gasteiger charge is 2.50. The number of rotatable bonds is 3. The van der Waals surface area contributed by atoms with E-state index in [2.05, 4.69) is 12.6 Å². The lowest BCUT2D eigenvalue weighted by Crippen LogP contribution is -2.61. The summed E-state index contributed by atoms with van der Waals surface area (Å²) in [5, 5.41) is 37.2. The molecule has 0 saturated carbocycles. The number of carbonyl (C=O) groups is 1. The number of aliphatic hydroxyl groups is 3. The molecule has 1 fully saturated rings. The second kappa shape index (κ2) is 4.89. The summed E-state index contributed by atoms with van der Waals surface area (Å²) in [4.78, 5) is 8.99. The molecule has 1 heterocycles. The highest BCUT2D eigenvalue weighted by molar-refractivity contribution is 7.81. The number of hydrogen-bond acceptors (Lipinski definition) is 6. The Balaban J connectivity index is 2.74. The lowest BCUT2D eigenvalue weighted by Gasteiger charge is -2.45. The molecule has 0 aromatic carbocycles. The van der Waals surface area contributed by atoms with E-state index in [1.807, 2.05) is 0 Å². The first-order valence-electron chi connectivity index (χ1n) is 4.94.